The molecule has 0 aliphatic heterocycles. The van der Waals surface area contributed by atoms with Gasteiger partial charge < -0.3 is 14.6 Å². The van der Waals surface area contributed by atoms with E-state index >= 15 is 0 Å². The molecule has 1 heterocycles. The largest absolute Gasteiger partial charge is 0.497 e. The molecule has 0 spiro atoms. The molecule has 5 nitrogen and oxygen atoms in total. The highest BCUT2D eigenvalue weighted by atomic mass is 32.2. The Morgan fingerprint density at radius 2 is 1.76 bits per heavy atom. The van der Waals surface area contributed by atoms with Crippen LogP contribution in [0.2, 0.25) is 0 Å². The lowest BCUT2D eigenvalue weighted by Crippen LogP contribution is -2.10. The Balaban J connectivity index is 1.67. The topological polar surface area (TPSA) is 60.7 Å². The highest BCUT2D eigenvalue weighted by Gasteiger charge is 2.14. The van der Waals surface area contributed by atoms with Crippen molar-refractivity contribution < 1.29 is 19.4 Å². The van der Waals surface area contributed by atoms with Crippen molar-refractivity contribution in [1.82, 2.24) is 3.97 Å². The van der Waals surface area contributed by atoms with E-state index in [9.17, 15) is 4.79 Å². The van der Waals surface area contributed by atoms with Crippen LogP contribution in [0, 0.1) is 6.92 Å². The Morgan fingerprint density at radius 1 is 1.03 bits per heavy atom. The second kappa shape index (κ2) is 9.63. The number of aryl methyl sites for hydroxylation is 1. The van der Waals surface area contributed by atoms with Crippen LogP contribution < -0.4 is 9.47 Å². The van der Waals surface area contributed by atoms with E-state index in [1.807, 2.05) is 37.3 Å². The van der Waals surface area contributed by atoms with Gasteiger partial charge in [-0.15, -0.1) is 0 Å². The first-order chi connectivity index (χ1) is 15.9. The molecule has 0 fully saturated rings. The van der Waals surface area contributed by atoms with Gasteiger partial charge in [-0.2, -0.15) is 0 Å². The molecule has 4 aromatic rings. The van der Waals surface area contributed by atoms with Crippen LogP contribution in [-0.2, 0) is 4.79 Å². The molecule has 0 aliphatic carbocycles. The number of rotatable bonds is 8. The van der Waals surface area contributed by atoms with Crippen molar-refractivity contribution in [3.05, 3.63) is 78.0 Å². The maximum Gasteiger partial charge on any atom is 0.341 e. The Hall–Kier alpha value is -3.38. The quantitative estimate of drug-likeness (QED) is 0.314. The van der Waals surface area contributed by atoms with Gasteiger partial charge in [0.05, 0.1) is 12.6 Å². The van der Waals surface area contributed by atoms with E-state index in [0.717, 1.165) is 27.3 Å². The molecule has 0 saturated carbocycles. The monoisotopic (exact) mass is 461 g/mol. The summed E-state index contributed by atoms with van der Waals surface area (Å²) in [5.74, 6) is 0.835. The van der Waals surface area contributed by atoms with Crippen LogP contribution in [0.3, 0.4) is 0 Å². The van der Waals surface area contributed by atoms with Crippen LogP contribution in [0.1, 0.15) is 30.9 Å². The predicted octanol–water partition coefficient (Wildman–Crippen LogP) is 6.77. The van der Waals surface area contributed by atoms with Crippen molar-refractivity contribution >= 4 is 28.8 Å². The van der Waals surface area contributed by atoms with Crippen molar-refractivity contribution in [2.24, 2.45) is 0 Å². The molecule has 0 atom stereocenters. The molecule has 1 aromatic heterocycles. The van der Waals surface area contributed by atoms with Gasteiger partial charge in [0.2, 0.25) is 0 Å². The van der Waals surface area contributed by atoms with Crippen LogP contribution in [0.5, 0.6) is 11.5 Å². The highest BCUT2D eigenvalue weighted by Crippen LogP contribution is 2.36. The predicted molar refractivity (Wildman–Crippen MR) is 134 cm³/mol. The molecule has 0 radical (unpaired) electrons. The fourth-order valence-electron chi connectivity index (χ4n) is 3.82. The average molecular weight is 462 g/mol. The van der Waals surface area contributed by atoms with Gasteiger partial charge in [-0.05, 0) is 89.5 Å². The summed E-state index contributed by atoms with van der Waals surface area (Å²) in [6.45, 7) is 6.00. The molecular formula is C27H27NO4S. The number of benzene rings is 3. The zero-order valence-electron chi connectivity index (χ0n) is 19.2. The number of ether oxygens (including phenoxy) is 2. The van der Waals surface area contributed by atoms with Crippen molar-refractivity contribution in [3.63, 3.8) is 0 Å². The molecule has 1 N–H and O–H groups in total. The van der Waals surface area contributed by atoms with Crippen LogP contribution in [0.4, 0.5) is 0 Å². The average Bonchev–Trinajstić information content (AvgIpc) is 3.16. The Kier molecular flexibility index (Phi) is 6.65. The van der Waals surface area contributed by atoms with Gasteiger partial charge in [0, 0.05) is 16.5 Å². The maximum absolute atomic E-state index is 10.8. The summed E-state index contributed by atoms with van der Waals surface area (Å²) < 4.78 is 12.8. The van der Waals surface area contributed by atoms with E-state index in [1.54, 1.807) is 19.1 Å². The normalized spacial score (nSPS) is 11.2. The summed E-state index contributed by atoms with van der Waals surface area (Å²) in [5.41, 5.74) is 5.69. The van der Waals surface area contributed by atoms with Crippen molar-refractivity contribution in [2.75, 3.05) is 13.7 Å². The maximum atomic E-state index is 10.8. The standard InChI is InChI=1S/C27H27NO4S/c1-17(2)24-15-28(33-22-10-12-26(18(3)13-22)32-16-27(29)30)25-11-7-20(14-23(24)25)19-5-8-21(31-4)9-6-19/h5-15,17H,16H2,1-4H3,(H,29,30). The summed E-state index contributed by atoms with van der Waals surface area (Å²) in [6, 6.07) is 20.5. The van der Waals surface area contributed by atoms with Crippen LogP contribution in [0.25, 0.3) is 22.0 Å². The Morgan fingerprint density at radius 3 is 2.39 bits per heavy atom. The zero-order valence-corrected chi connectivity index (χ0v) is 20.0. The van der Waals surface area contributed by atoms with Gasteiger partial charge >= 0.3 is 5.97 Å². The first-order valence-corrected chi connectivity index (χ1v) is 11.6. The first kappa shape index (κ1) is 22.8. The van der Waals surface area contributed by atoms with Crippen molar-refractivity contribution in [1.29, 1.82) is 0 Å². The number of carboxylic acids is 1. The number of fused-ring (bicyclic) bond motifs is 1. The number of hydrogen-bond donors (Lipinski definition) is 1. The third-order valence-corrected chi connectivity index (χ3v) is 6.51. The van der Waals surface area contributed by atoms with Gasteiger partial charge in [-0.25, -0.2) is 4.79 Å². The summed E-state index contributed by atoms with van der Waals surface area (Å²) >= 11 is 1.64. The van der Waals surface area contributed by atoms with Crippen LogP contribution >= 0.6 is 11.9 Å². The molecule has 0 aliphatic rings. The minimum Gasteiger partial charge on any atom is -0.497 e. The molecule has 0 amide bonds. The van der Waals surface area contributed by atoms with Gasteiger partial charge in [-0.1, -0.05) is 32.0 Å². The molecule has 6 heteroatoms. The number of hydrogen-bond acceptors (Lipinski definition) is 4. The van der Waals surface area contributed by atoms with Crippen LogP contribution in [-0.4, -0.2) is 28.8 Å². The number of carboxylic acid groups (broad SMARTS) is 1. The summed E-state index contributed by atoms with van der Waals surface area (Å²) in [5, 5.41) is 10.1. The molecule has 0 unspecified atom stereocenters. The second-order valence-corrected chi connectivity index (χ2v) is 9.27. The highest BCUT2D eigenvalue weighted by molar-refractivity contribution is 7.98. The van der Waals surface area contributed by atoms with Crippen LogP contribution in [0.15, 0.2) is 71.8 Å². The van der Waals surface area contributed by atoms with E-state index in [4.69, 9.17) is 14.6 Å². The number of aliphatic carboxylic acids is 1. The Labute approximate surface area is 198 Å². The van der Waals surface area contributed by atoms with Gasteiger partial charge in [-0.3, -0.25) is 3.97 Å². The minimum atomic E-state index is -0.984. The molecule has 170 valence electrons. The lowest BCUT2D eigenvalue weighted by Gasteiger charge is -2.10. The number of aromatic nitrogens is 1. The smallest absolute Gasteiger partial charge is 0.341 e. The van der Waals surface area contributed by atoms with E-state index in [2.05, 4.69) is 54.3 Å². The second-order valence-electron chi connectivity index (χ2n) is 8.23. The fraction of sp³-hybridized carbons (Fsp3) is 0.222. The number of nitrogens with zero attached hydrogens (tertiary/aromatic N) is 1. The first-order valence-electron chi connectivity index (χ1n) is 10.8. The number of methoxy groups -OCH3 is 1. The van der Waals surface area contributed by atoms with Gasteiger partial charge in [0.15, 0.2) is 6.61 Å². The van der Waals surface area contributed by atoms with E-state index in [1.165, 1.54) is 16.5 Å². The Bertz CT molecular complexity index is 1290. The zero-order chi connectivity index (χ0) is 23.5. The summed E-state index contributed by atoms with van der Waals surface area (Å²) in [4.78, 5) is 11.8. The summed E-state index contributed by atoms with van der Waals surface area (Å²) in [6.07, 6.45) is 2.21. The third-order valence-electron chi connectivity index (χ3n) is 5.55. The van der Waals surface area contributed by atoms with Gasteiger partial charge in [0.1, 0.15) is 11.5 Å². The third kappa shape index (κ3) is 5.01. The van der Waals surface area contributed by atoms with E-state index in [0.29, 0.717) is 11.7 Å². The molecule has 0 saturated heterocycles. The summed E-state index contributed by atoms with van der Waals surface area (Å²) in [7, 11) is 1.68. The lowest BCUT2D eigenvalue weighted by atomic mass is 9.98. The van der Waals surface area contributed by atoms with Crippen molar-refractivity contribution in [3.8, 4) is 22.6 Å². The van der Waals surface area contributed by atoms with E-state index < -0.39 is 5.97 Å². The van der Waals surface area contributed by atoms with Crippen molar-refractivity contribution in [2.45, 2.75) is 31.6 Å². The number of carbonyl (C=O) groups is 1. The molecule has 0 bridgehead atoms. The SMILES string of the molecule is COc1ccc(-c2ccc3c(c2)c(C(C)C)cn3Sc2ccc(OCC(=O)O)c(C)c2)cc1. The molecule has 4 rings (SSSR count). The molecule has 33 heavy (non-hydrogen) atoms. The molecular weight excluding hydrogens is 434 g/mol. The minimum absolute atomic E-state index is 0.343. The van der Waals surface area contributed by atoms with Gasteiger partial charge in [0.25, 0.3) is 0 Å². The molecule has 3 aromatic carbocycles. The fourth-order valence-corrected chi connectivity index (χ4v) is 4.83. The lowest BCUT2D eigenvalue weighted by molar-refractivity contribution is -0.139. The van der Waals surface area contributed by atoms with E-state index in [-0.39, 0.29) is 6.61 Å².